The van der Waals surface area contributed by atoms with E-state index in [9.17, 15) is 19.5 Å². The second-order valence-electron chi connectivity index (χ2n) is 6.68. The first-order valence-corrected chi connectivity index (χ1v) is 8.87. The zero-order valence-corrected chi connectivity index (χ0v) is 14.9. The second-order valence-corrected chi connectivity index (χ2v) is 6.68. The van der Waals surface area contributed by atoms with E-state index in [1.165, 1.54) is 25.5 Å². The van der Waals surface area contributed by atoms with Crippen molar-refractivity contribution in [3.8, 4) is 11.5 Å². The smallest absolute Gasteiger partial charge is 0.353 e. The lowest BCUT2D eigenvalue weighted by Gasteiger charge is -2.23. The van der Waals surface area contributed by atoms with Gasteiger partial charge in [0.05, 0.1) is 11.5 Å². The number of rotatable bonds is 5. The third-order valence-corrected chi connectivity index (χ3v) is 4.65. The van der Waals surface area contributed by atoms with Crippen molar-refractivity contribution in [1.29, 1.82) is 0 Å². The van der Waals surface area contributed by atoms with E-state index in [0.29, 0.717) is 5.75 Å². The lowest BCUT2D eigenvalue weighted by atomic mass is 9.98. The highest BCUT2D eigenvalue weighted by atomic mass is 16.5. The number of aliphatic carboxylic acids is 1. The van der Waals surface area contributed by atoms with Crippen LogP contribution in [0.4, 0.5) is 0 Å². The molecule has 0 saturated heterocycles. The van der Waals surface area contributed by atoms with Crippen molar-refractivity contribution in [2.24, 2.45) is 0 Å². The average molecular weight is 375 g/mol. The summed E-state index contributed by atoms with van der Waals surface area (Å²) in [7, 11) is 0. The standard InChI is InChI=1S/C19H21NO7/c1-10(18(23)24)20-17(22)15-16(21)13-8-7-12(9-14(13)27-19(15)25)26-11-5-3-2-4-6-11/h7-11,21H,2-6H2,1H3,(H,20,22)(H,23,24). The van der Waals surface area contributed by atoms with Crippen molar-refractivity contribution in [2.45, 2.75) is 51.2 Å². The van der Waals surface area contributed by atoms with Crippen LogP contribution in [0.1, 0.15) is 49.4 Å². The summed E-state index contributed by atoms with van der Waals surface area (Å²) in [4.78, 5) is 35.2. The molecule has 1 atom stereocenters. The zero-order valence-electron chi connectivity index (χ0n) is 14.9. The number of carbonyl (C=O) groups is 2. The molecule has 1 aromatic heterocycles. The maximum atomic E-state index is 12.2. The highest BCUT2D eigenvalue weighted by Crippen LogP contribution is 2.31. The lowest BCUT2D eigenvalue weighted by Crippen LogP contribution is -2.40. The predicted molar refractivity (Wildman–Crippen MR) is 96.2 cm³/mol. The molecule has 1 unspecified atom stereocenters. The van der Waals surface area contributed by atoms with Crippen molar-refractivity contribution in [1.82, 2.24) is 5.32 Å². The van der Waals surface area contributed by atoms with Crippen LogP contribution in [0, 0.1) is 0 Å². The van der Waals surface area contributed by atoms with E-state index in [1.807, 2.05) is 0 Å². The van der Waals surface area contributed by atoms with Gasteiger partial charge in [0.25, 0.3) is 5.91 Å². The molecule has 1 amide bonds. The van der Waals surface area contributed by atoms with Crippen LogP contribution in [0.15, 0.2) is 27.4 Å². The van der Waals surface area contributed by atoms with E-state index >= 15 is 0 Å². The molecule has 0 radical (unpaired) electrons. The number of carbonyl (C=O) groups excluding carboxylic acids is 1. The average Bonchev–Trinajstić information content (AvgIpc) is 2.62. The summed E-state index contributed by atoms with van der Waals surface area (Å²) in [6.45, 7) is 1.24. The fraction of sp³-hybridized carbons (Fsp3) is 0.421. The summed E-state index contributed by atoms with van der Waals surface area (Å²) < 4.78 is 11.1. The monoisotopic (exact) mass is 375 g/mol. The molecule has 2 aromatic rings. The molecular formula is C19H21NO7. The Labute approximate surface area is 154 Å². The molecule has 8 heteroatoms. The first-order valence-electron chi connectivity index (χ1n) is 8.87. The topological polar surface area (TPSA) is 126 Å². The molecule has 1 fully saturated rings. The van der Waals surface area contributed by atoms with Gasteiger partial charge in [-0.1, -0.05) is 6.42 Å². The molecule has 0 aliphatic heterocycles. The maximum Gasteiger partial charge on any atom is 0.353 e. The van der Waals surface area contributed by atoms with Crippen molar-refractivity contribution < 1.29 is 29.0 Å². The van der Waals surface area contributed by atoms with Gasteiger partial charge in [0.2, 0.25) is 0 Å². The molecule has 1 aliphatic carbocycles. The third kappa shape index (κ3) is 4.05. The van der Waals surface area contributed by atoms with Crippen LogP contribution in [0.5, 0.6) is 11.5 Å². The van der Waals surface area contributed by atoms with Crippen LogP contribution >= 0.6 is 0 Å². The van der Waals surface area contributed by atoms with Gasteiger partial charge in [0.1, 0.15) is 23.1 Å². The van der Waals surface area contributed by atoms with E-state index in [-0.39, 0.29) is 17.1 Å². The minimum Gasteiger partial charge on any atom is -0.506 e. The number of benzene rings is 1. The molecule has 27 heavy (non-hydrogen) atoms. The Morgan fingerprint density at radius 2 is 1.96 bits per heavy atom. The van der Waals surface area contributed by atoms with Gasteiger partial charge in [-0.15, -0.1) is 0 Å². The number of fused-ring (bicyclic) bond motifs is 1. The molecule has 1 saturated carbocycles. The first kappa shape index (κ1) is 18.8. The highest BCUT2D eigenvalue weighted by molar-refractivity contribution is 6.02. The van der Waals surface area contributed by atoms with Gasteiger partial charge in [-0.05, 0) is 44.7 Å². The van der Waals surface area contributed by atoms with E-state index in [0.717, 1.165) is 25.7 Å². The number of nitrogens with one attached hydrogen (secondary N) is 1. The largest absolute Gasteiger partial charge is 0.506 e. The van der Waals surface area contributed by atoms with Gasteiger partial charge in [-0.25, -0.2) is 4.79 Å². The van der Waals surface area contributed by atoms with Crippen molar-refractivity contribution >= 4 is 22.8 Å². The zero-order chi connectivity index (χ0) is 19.6. The molecule has 1 heterocycles. The summed E-state index contributed by atoms with van der Waals surface area (Å²) in [6, 6.07) is 3.42. The molecular weight excluding hydrogens is 354 g/mol. The molecule has 3 rings (SSSR count). The number of amides is 1. The fourth-order valence-corrected chi connectivity index (χ4v) is 3.14. The van der Waals surface area contributed by atoms with Crippen LogP contribution in [0.2, 0.25) is 0 Å². The number of carboxylic acids is 1. The van der Waals surface area contributed by atoms with Crippen molar-refractivity contribution in [2.75, 3.05) is 0 Å². The van der Waals surface area contributed by atoms with Gasteiger partial charge >= 0.3 is 11.6 Å². The lowest BCUT2D eigenvalue weighted by molar-refractivity contribution is -0.138. The molecule has 1 aromatic carbocycles. The molecule has 0 bridgehead atoms. The van der Waals surface area contributed by atoms with Gasteiger partial charge in [-0.3, -0.25) is 9.59 Å². The Morgan fingerprint density at radius 1 is 1.26 bits per heavy atom. The summed E-state index contributed by atoms with van der Waals surface area (Å²) in [5.74, 6) is -2.31. The number of ether oxygens (including phenoxy) is 1. The van der Waals surface area contributed by atoms with E-state index in [4.69, 9.17) is 14.3 Å². The molecule has 8 nitrogen and oxygen atoms in total. The van der Waals surface area contributed by atoms with Crippen LogP contribution in [-0.4, -0.2) is 34.2 Å². The molecule has 3 N–H and O–H groups in total. The first-order chi connectivity index (χ1) is 12.9. The Morgan fingerprint density at radius 3 is 2.63 bits per heavy atom. The Hall–Kier alpha value is -3.03. The van der Waals surface area contributed by atoms with Crippen LogP contribution < -0.4 is 15.7 Å². The van der Waals surface area contributed by atoms with Gasteiger partial charge in [-0.2, -0.15) is 0 Å². The van der Waals surface area contributed by atoms with Gasteiger partial charge in [0.15, 0.2) is 5.56 Å². The highest BCUT2D eigenvalue weighted by Gasteiger charge is 2.24. The molecule has 0 spiro atoms. The van der Waals surface area contributed by atoms with Crippen LogP contribution in [0.25, 0.3) is 11.0 Å². The number of aromatic hydroxyl groups is 1. The fourth-order valence-electron chi connectivity index (χ4n) is 3.14. The summed E-state index contributed by atoms with van der Waals surface area (Å²) in [5, 5.41) is 21.5. The summed E-state index contributed by atoms with van der Waals surface area (Å²) in [6.07, 6.45) is 5.47. The quantitative estimate of drug-likeness (QED) is 0.685. The molecule has 1 aliphatic rings. The minimum absolute atomic E-state index is 0.0913. The van der Waals surface area contributed by atoms with Gasteiger partial charge < -0.3 is 24.7 Å². The van der Waals surface area contributed by atoms with Crippen LogP contribution in [-0.2, 0) is 4.79 Å². The number of carboxylic acid groups (broad SMARTS) is 1. The summed E-state index contributed by atoms with van der Waals surface area (Å²) in [5.41, 5.74) is -1.59. The van der Waals surface area contributed by atoms with Gasteiger partial charge in [0, 0.05) is 6.07 Å². The SMILES string of the molecule is CC(NC(=O)c1c(O)c2ccc(OC3CCCCC3)cc2oc1=O)C(=O)O. The van der Waals surface area contributed by atoms with Crippen molar-refractivity contribution in [3.63, 3.8) is 0 Å². The number of hydrogen-bond acceptors (Lipinski definition) is 6. The maximum absolute atomic E-state index is 12.2. The molecule has 144 valence electrons. The third-order valence-electron chi connectivity index (χ3n) is 4.65. The van der Waals surface area contributed by atoms with Crippen molar-refractivity contribution in [3.05, 3.63) is 34.2 Å². The Balaban J connectivity index is 1.90. The Kier molecular flexibility index (Phi) is 5.34. The van der Waals surface area contributed by atoms with E-state index in [2.05, 4.69) is 5.32 Å². The van der Waals surface area contributed by atoms with E-state index in [1.54, 1.807) is 6.07 Å². The minimum atomic E-state index is -1.27. The second kappa shape index (κ2) is 7.69. The number of hydrogen-bond donors (Lipinski definition) is 3. The normalized spacial score (nSPS) is 16.0. The Bertz CT molecular complexity index is 928. The van der Waals surface area contributed by atoms with Crippen LogP contribution in [0.3, 0.4) is 0 Å². The summed E-state index contributed by atoms with van der Waals surface area (Å²) >= 11 is 0. The van der Waals surface area contributed by atoms with E-state index < -0.39 is 34.9 Å². The predicted octanol–water partition coefficient (Wildman–Crippen LogP) is 2.41.